The van der Waals surface area contributed by atoms with E-state index in [1.165, 1.54) is 23.9 Å². The zero-order chi connectivity index (χ0) is 16.4. The number of rotatable bonds is 3. The van der Waals surface area contributed by atoms with Crippen LogP contribution in [0.5, 0.6) is 0 Å². The van der Waals surface area contributed by atoms with Crippen molar-refractivity contribution in [3.63, 3.8) is 0 Å². The van der Waals surface area contributed by atoms with Crippen molar-refractivity contribution in [1.82, 2.24) is 4.98 Å². The molecule has 7 heteroatoms. The molecule has 5 nitrogen and oxygen atoms in total. The van der Waals surface area contributed by atoms with Crippen LogP contribution in [-0.4, -0.2) is 24.9 Å². The second kappa shape index (κ2) is 6.17. The summed E-state index contributed by atoms with van der Waals surface area (Å²) in [5, 5.41) is 0.649. The molecule has 0 N–H and O–H groups in total. The summed E-state index contributed by atoms with van der Waals surface area (Å²) in [7, 11) is -3.93. The maximum Gasteiger partial charge on any atom is 0.338 e. The van der Waals surface area contributed by atoms with Crippen LogP contribution in [0.15, 0.2) is 64.4 Å². The third kappa shape index (κ3) is 3.30. The van der Waals surface area contributed by atoms with E-state index in [1.54, 1.807) is 30.5 Å². The van der Waals surface area contributed by atoms with Crippen molar-refractivity contribution in [3.8, 4) is 0 Å². The molecule has 1 aliphatic heterocycles. The van der Waals surface area contributed by atoms with Gasteiger partial charge in [-0.1, -0.05) is 17.7 Å². The Bertz CT molecular complexity index is 887. The van der Waals surface area contributed by atoms with Gasteiger partial charge in [-0.25, -0.2) is 4.98 Å². The Morgan fingerprint density at radius 3 is 2.70 bits per heavy atom. The van der Waals surface area contributed by atoms with Gasteiger partial charge >= 0.3 is 10.1 Å². The summed E-state index contributed by atoms with van der Waals surface area (Å²) in [6, 6.07) is 9.66. The highest BCUT2D eigenvalue weighted by Gasteiger charge is 2.24. The lowest BCUT2D eigenvalue weighted by molar-refractivity contribution is 0.102. The second-order valence-corrected chi connectivity index (χ2v) is 7.52. The van der Waals surface area contributed by atoms with Crippen molar-refractivity contribution in [2.75, 3.05) is 5.75 Å². The first-order chi connectivity index (χ1) is 11.0. The molecule has 0 unspecified atom stereocenters. The van der Waals surface area contributed by atoms with Crippen LogP contribution in [0.4, 0.5) is 0 Å². The Hall–Kier alpha value is -2.12. The molecule has 0 amide bonds. The molecule has 2 heterocycles. The van der Waals surface area contributed by atoms with Crippen molar-refractivity contribution in [3.05, 3.63) is 65.6 Å². The highest BCUT2D eigenvalue weighted by molar-refractivity contribution is 7.99. The standard InChI is InChI=1S/C16H13NO4S2/c1-11-4-6-13(7-5-11)23(19,20)21-9-12-10-22-16-14(15(12)18)3-2-8-17-16/h2-9H,10H2,1H3/b12-9+. The Labute approximate surface area is 138 Å². The number of ketones is 1. The minimum atomic E-state index is -3.93. The van der Waals surface area contributed by atoms with E-state index in [4.69, 9.17) is 4.18 Å². The number of nitrogens with zero attached hydrogens (tertiary/aromatic N) is 1. The van der Waals surface area contributed by atoms with Crippen LogP contribution in [0.2, 0.25) is 0 Å². The fourth-order valence-electron chi connectivity index (χ4n) is 2.03. The van der Waals surface area contributed by atoms with Gasteiger partial charge < -0.3 is 4.18 Å². The molecule has 2 aromatic rings. The van der Waals surface area contributed by atoms with Gasteiger partial charge in [-0.3, -0.25) is 4.79 Å². The first-order valence-electron chi connectivity index (χ1n) is 6.79. The van der Waals surface area contributed by atoms with E-state index in [0.717, 1.165) is 11.8 Å². The second-order valence-electron chi connectivity index (χ2n) is 4.98. The van der Waals surface area contributed by atoms with E-state index in [1.807, 2.05) is 6.92 Å². The van der Waals surface area contributed by atoms with E-state index in [2.05, 4.69) is 4.98 Å². The molecule has 0 bridgehead atoms. The van der Waals surface area contributed by atoms with Crippen LogP contribution in [-0.2, 0) is 14.3 Å². The van der Waals surface area contributed by atoms with Crippen LogP contribution >= 0.6 is 11.8 Å². The molecule has 0 aliphatic carbocycles. The monoisotopic (exact) mass is 347 g/mol. The zero-order valence-corrected chi connectivity index (χ0v) is 13.9. The van der Waals surface area contributed by atoms with Crippen LogP contribution in [0.1, 0.15) is 15.9 Å². The van der Waals surface area contributed by atoms with Gasteiger partial charge in [0.25, 0.3) is 0 Å². The minimum absolute atomic E-state index is 0.0536. The lowest BCUT2D eigenvalue weighted by atomic mass is 10.1. The molecule has 0 spiro atoms. The summed E-state index contributed by atoms with van der Waals surface area (Å²) in [6.45, 7) is 1.86. The van der Waals surface area contributed by atoms with E-state index >= 15 is 0 Å². The number of Topliss-reactive ketones (excluding diaryl/α,β-unsaturated/α-hetero) is 1. The van der Waals surface area contributed by atoms with Crippen LogP contribution in [0.25, 0.3) is 0 Å². The average Bonchev–Trinajstić information content (AvgIpc) is 2.55. The summed E-state index contributed by atoms with van der Waals surface area (Å²) in [6.07, 6.45) is 2.65. The lowest BCUT2D eigenvalue weighted by Crippen LogP contribution is -2.14. The van der Waals surface area contributed by atoms with E-state index in [-0.39, 0.29) is 10.7 Å². The molecule has 0 radical (unpaired) electrons. The van der Waals surface area contributed by atoms with Crippen LogP contribution in [0.3, 0.4) is 0 Å². The fraction of sp³-hybridized carbons (Fsp3) is 0.125. The number of benzene rings is 1. The van der Waals surface area contributed by atoms with Crippen molar-refractivity contribution in [1.29, 1.82) is 0 Å². The highest BCUT2D eigenvalue weighted by atomic mass is 32.2. The minimum Gasteiger partial charge on any atom is -0.386 e. The number of fused-ring (bicyclic) bond motifs is 1. The Morgan fingerprint density at radius 2 is 1.96 bits per heavy atom. The van der Waals surface area contributed by atoms with Crippen molar-refractivity contribution < 1.29 is 17.4 Å². The maximum absolute atomic E-state index is 12.3. The molecule has 0 saturated heterocycles. The Balaban J connectivity index is 1.83. The molecule has 3 rings (SSSR count). The third-order valence-corrected chi connectivity index (χ3v) is 5.55. The molecule has 118 valence electrons. The molecule has 0 saturated carbocycles. The number of carbonyl (C=O) groups excluding carboxylic acids is 1. The normalized spacial score (nSPS) is 16.2. The maximum atomic E-state index is 12.3. The number of thioether (sulfide) groups is 1. The number of aromatic nitrogens is 1. The van der Waals surface area contributed by atoms with Gasteiger partial charge in [0.15, 0.2) is 5.78 Å². The van der Waals surface area contributed by atoms with Crippen LogP contribution in [0, 0.1) is 6.92 Å². The van der Waals surface area contributed by atoms with Gasteiger partial charge in [-0.05, 0) is 31.2 Å². The highest BCUT2D eigenvalue weighted by Crippen LogP contribution is 2.30. The smallest absolute Gasteiger partial charge is 0.338 e. The molecule has 1 aromatic carbocycles. The molecule has 1 aliphatic rings. The van der Waals surface area contributed by atoms with E-state index in [9.17, 15) is 13.2 Å². The number of aryl methyl sites for hydroxylation is 1. The van der Waals surface area contributed by atoms with Crippen molar-refractivity contribution in [2.24, 2.45) is 0 Å². The first-order valence-corrected chi connectivity index (χ1v) is 9.18. The van der Waals surface area contributed by atoms with Crippen molar-refractivity contribution in [2.45, 2.75) is 16.8 Å². The van der Waals surface area contributed by atoms with E-state index in [0.29, 0.717) is 21.9 Å². The molecular formula is C16H13NO4S2. The van der Waals surface area contributed by atoms with Gasteiger partial charge in [0, 0.05) is 17.5 Å². The fourth-order valence-corrected chi connectivity index (χ4v) is 3.80. The quantitative estimate of drug-likeness (QED) is 0.483. The SMILES string of the molecule is Cc1ccc(S(=O)(=O)O/C=C2\CSc3ncccc3C2=O)cc1. The van der Waals surface area contributed by atoms with E-state index < -0.39 is 10.1 Å². The number of hydrogen-bond acceptors (Lipinski definition) is 6. The molecule has 23 heavy (non-hydrogen) atoms. The molecular weight excluding hydrogens is 334 g/mol. The molecule has 1 aromatic heterocycles. The van der Waals surface area contributed by atoms with Gasteiger partial charge in [-0.15, -0.1) is 11.8 Å². The van der Waals surface area contributed by atoms with Gasteiger partial charge in [0.1, 0.15) is 16.2 Å². The topological polar surface area (TPSA) is 73.3 Å². The predicted molar refractivity (Wildman–Crippen MR) is 86.8 cm³/mol. The first kappa shape index (κ1) is 15.8. The molecule has 0 fully saturated rings. The summed E-state index contributed by atoms with van der Waals surface area (Å²) in [5.41, 5.74) is 1.71. The number of pyridine rings is 1. The Kier molecular flexibility index (Phi) is 4.23. The summed E-state index contributed by atoms with van der Waals surface area (Å²) >= 11 is 1.37. The van der Waals surface area contributed by atoms with Gasteiger partial charge in [0.2, 0.25) is 0 Å². The van der Waals surface area contributed by atoms with Crippen LogP contribution < -0.4 is 0 Å². The summed E-state index contributed by atoms with van der Waals surface area (Å²) < 4.78 is 29.2. The number of hydrogen-bond donors (Lipinski definition) is 0. The van der Waals surface area contributed by atoms with Gasteiger partial charge in [-0.2, -0.15) is 8.42 Å². The molecule has 0 atom stereocenters. The summed E-state index contributed by atoms with van der Waals surface area (Å²) in [5.74, 6) is 0.0673. The number of carbonyl (C=O) groups is 1. The average molecular weight is 347 g/mol. The largest absolute Gasteiger partial charge is 0.386 e. The summed E-state index contributed by atoms with van der Waals surface area (Å²) in [4.78, 5) is 16.5. The lowest BCUT2D eigenvalue weighted by Gasteiger charge is -2.15. The van der Waals surface area contributed by atoms with Crippen molar-refractivity contribution >= 4 is 27.7 Å². The third-order valence-electron chi connectivity index (χ3n) is 3.30. The van der Waals surface area contributed by atoms with Gasteiger partial charge in [0.05, 0.1) is 5.56 Å². The predicted octanol–water partition coefficient (Wildman–Crippen LogP) is 2.97. The zero-order valence-electron chi connectivity index (χ0n) is 12.2. The Morgan fingerprint density at radius 1 is 1.22 bits per heavy atom.